The second-order valence-corrected chi connectivity index (χ2v) is 8.04. The molecule has 0 unspecified atom stereocenters. The summed E-state index contributed by atoms with van der Waals surface area (Å²) in [4.78, 5) is 6.07. The van der Waals surface area contributed by atoms with Crippen LogP contribution in [-0.4, -0.2) is 15.1 Å². The number of nitrogens with zero attached hydrogens (tertiary/aromatic N) is 4. The first kappa shape index (κ1) is 23.1. The summed E-state index contributed by atoms with van der Waals surface area (Å²) in [5.41, 5.74) is -9.12. The van der Waals surface area contributed by atoms with E-state index in [1.54, 1.807) is 31.2 Å². The molecule has 4 rings (SSSR count). The third kappa shape index (κ3) is 3.85. The normalized spacial score (nSPS) is 13.3. The molecule has 0 fully saturated rings. The highest BCUT2D eigenvalue weighted by Gasteiger charge is 2.49. The van der Waals surface area contributed by atoms with Gasteiger partial charge in [-0.3, -0.25) is 0 Å². The van der Waals surface area contributed by atoms with Crippen LogP contribution in [0.1, 0.15) is 22.6 Å². The van der Waals surface area contributed by atoms with E-state index in [9.17, 15) is 39.5 Å². The van der Waals surface area contributed by atoms with Crippen molar-refractivity contribution in [3.8, 4) is 10.6 Å². The summed E-state index contributed by atoms with van der Waals surface area (Å²) in [5.74, 6) is 0. The van der Waals surface area contributed by atoms with Crippen LogP contribution in [0.2, 0.25) is 0 Å². The van der Waals surface area contributed by atoms with Crippen LogP contribution in [-0.2, 0) is 25.6 Å². The number of hydrogen-bond donors (Lipinski definition) is 0. The molecule has 33 heavy (non-hydrogen) atoms. The van der Waals surface area contributed by atoms with E-state index in [0.717, 1.165) is 18.4 Å². The molecule has 0 atom stereocenters. The highest BCUT2D eigenvalue weighted by atomic mass is 32.1. The van der Waals surface area contributed by atoms with Gasteiger partial charge in [-0.1, -0.05) is 22.9 Å². The second-order valence-electron chi connectivity index (χ2n) is 6.98. The highest BCUT2D eigenvalue weighted by Crippen LogP contribution is 2.44. The number of rotatable bonds is 1. The lowest BCUT2D eigenvalue weighted by Gasteiger charge is -2.16. The van der Waals surface area contributed by atoms with Gasteiger partial charge in [-0.25, -0.2) is 9.97 Å². The van der Waals surface area contributed by atoms with Crippen molar-refractivity contribution in [2.24, 2.45) is 7.05 Å². The Labute approximate surface area is 182 Å². The number of benzene rings is 1. The van der Waals surface area contributed by atoms with Crippen LogP contribution in [0, 0.1) is 6.92 Å². The summed E-state index contributed by atoms with van der Waals surface area (Å²) in [6, 6.07) is 6.75. The van der Waals surface area contributed by atoms with Crippen molar-refractivity contribution in [1.29, 1.82) is 0 Å². The van der Waals surface area contributed by atoms with Gasteiger partial charge in [-0.2, -0.15) is 39.5 Å². The largest absolute Gasteiger partial charge is 0.441 e. The smallest absolute Gasteiger partial charge is 0.237 e. The van der Waals surface area contributed by atoms with Crippen molar-refractivity contribution in [2.45, 2.75) is 25.5 Å². The minimum absolute atomic E-state index is 0.201. The summed E-state index contributed by atoms with van der Waals surface area (Å²) in [7, 11) is 1.04. The van der Waals surface area contributed by atoms with Gasteiger partial charge in [-0.15, -0.1) is 11.3 Å². The summed E-state index contributed by atoms with van der Waals surface area (Å²) >= 11 is 1.03. The van der Waals surface area contributed by atoms with Gasteiger partial charge >= 0.3 is 18.5 Å². The first-order valence-electron chi connectivity index (χ1n) is 8.93. The molecule has 0 bridgehead atoms. The maximum absolute atomic E-state index is 13.6. The van der Waals surface area contributed by atoms with E-state index in [4.69, 9.17) is 0 Å². The van der Waals surface area contributed by atoms with Gasteiger partial charge in [0, 0.05) is 9.80 Å². The van der Waals surface area contributed by atoms with Gasteiger partial charge in [0.25, 0.3) is 5.69 Å². The number of alkyl halides is 9. The predicted molar refractivity (Wildman–Crippen MR) is 99.1 cm³/mol. The fraction of sp³-hybridized carbons (Fsp3) is 0.263. The first-order valence-corrected chi connectivity index (χ1v) is 9.74. The van der Waals surface area contributed by atoms with E-state index in [2.05, 4.69) is 15.1 Å². The molecule has 3 heterocycles. The van der Waals surface area contributed by atoms with Crippen molar-refractivity contribution < 1.29 is 44.2 Å². The number of thiophene rings is 1. The Kier molecular flexibility index (Phi) is 5.07. The van der Waals surface area contributed by atoms with E-state index in [1.807, 2.05) is 0 Å². The molecule has 174 valence electrons. The van der Waals surface area contributed by atoms with E-state index >= 15 is 0 Å². The van der Waals surface area contributed by atoms with Gasteiger partial charge in [0.1, 0.15) is 10.4 Å². The Morgan fingerprint density at radius 1 is 0.758 bits per heavy atom. The molecule has 14 heteroatoms. The van der Waals surface area contributed by atoms with Gasteiger partial charge < -0.3 is 0 Å². The quantitative estimate of drug-likeness (QED) is 0.236. The summed E-state index contributed by atoms with van der Waals surface area (Å²) in [6.45, 7) is 1.58. The molecule has 1 aromatic carbocycles. The highest BCUT2D eigenvalue weighted by molar-refractivity contribution is 7.22. The average molecular weight is 497 g/mol. The van der Waals surface area contributed by atoms with Crippen LogP contribution >= 0.6 is 11.3 Å². The maximum atomic E-state index is 13.6. The van der Waals surface area contributed by atoms with Crippen LogP contribution in [0.4, 0.5) is 39.5 Å². The third-order valence-corrected chi connectivity index (χ3v) is 6.06. The first-order chi connectivity index (χ1) is 15.1. The molecule has 0 aliphatic rings. The van der Waals surface area contributed by atoms with Crippen LogP contribution in [0.5, 0.6) is 0 Å². The molecule has 0 saturated heterocycles. The van der Waals surface area contributed by atoms with Gasteiger partial charge in [0.2, 0.25) is 5.69 Å². The second kappa shape index (κ2) is 7.23. The monoisotopic (exact) mass is 497 g/mol. The van der Waals surface area contributed by atoms with E-state index in [1.165, 1.54) is 0 Å². The minimum Gasteiger partial charge on any atom is -0.237 e. The van der Waals surface area contributed by atoms with E-state index < -0.39 is 46.6 Å². The predicted octanol–water partition coefficient (Wildman–Crippen LogP) is 6.10. The van der Waals surface area contributed by atoms with Crippen molar-refractivity contribution in [3.05, 3.63) is 46.9 Å². The Morgan fingerprint density at radius 3 is 1.79 bits per heavy atom. The SMILES string of the molecule is Cc1c(-c2c3nc(C(F)(F)F)c(C(F)(F)F)nc3c(C(F)(F)F)n[n+]2C)sc2ccccc12. The lowest BCUT2D eigenvalue weighted by molar-refractivity contribution is -0.720. The van der Waals surface area contributed by atoms with E-state index in [0.29, 0.717) is 20.3 Å². The molecule has 4 aromatic rings. The lowest BCUT2D eigenvalue weighted by Crippen LogP contribution is -2.39. The zero-order chi connectivity index (χ0) is 24.5. The lowest BCUT2D eigenvalue weighted by atomic mass is 10.1. The molecular formula is C19H10F9N4S+. The van der Waals surface area contributed by atoms with Crippen molar-refractivity contribution in [3.63, 3.8) is 0 Å². The standard InChI is InChI=1S/C19H10F9N4S/c1-7-8-5-3-4-6-9(8)33-13(7)12-10-11(14(17(20,21)22)31-32(12)2)30-16(19(26,27)28)15(29-10)18(23,24)25/h3-6H,1-2H3/q+1. The third-order valence-electron chi connectivity index (χ3n) is 4.78. The average Bonchev–Trinajstić information content (AvgIpc) is 3.01. The number of fused-ring (bicyclic) bond motifs is 2. The Bertz CT molecular complexity index is 1400. The molecule has 0 aliphatic carbocycles. The molecule has 0 N–H and O–H groups in total. The van der Waals surface area contributed by atoms with Gasteiger partial charge in [-0.05, 0) is 23.9 Å². The fourth-order valence-electron chi connectivity index (χ4n) is 3.41. The van der Waals surface area contributed by atoms with Crippen LogP contribution in [0.15, 0.2) is 24.3 Å². The van der Waals surface area contributed by atoms with E-state index in [-0.39, 0.29) is 10.6 Å². The topological polar surface area (TPSA) is 42.6 Å². The summed E-state index contributed by atoms with van der Waals surface area (Å²) in [5, 5.41) is 3.99. The molecular weight excluding hydrogens is 487 g/mol. The minimum atomic E-state index is -5.71. The van der Waals surface area contributed by atoms with Crippen LogP contribution < -0.4 is 4.68 Å². The maximum Gasteiger partial charge on any atom is 0.441 e. The molecule has 0 spiro atoms. The Hall–Kier alpha value is -3.03. The molecule has 0 radical (unpaired) electrons. The Balaban J connectivity index is 2.23. The zero-order valence-corrected chi connectivity index (χ0v) is 17.2. The molecule has 4 nitrogen and oxygen atoms in total. The molecule has 0 aliphatic heterocycles. The molecule has 0 saturated carbocycles. The molecule has 0 amide bonds. The van der Waals surface area contributed by atoms with Crippen LogP contribution in [0.3, 0.4) is 0 Å². The van der Waals surface area contributed by atoms with Crippen LogP contribution in [0.25, 0.3) is 31.7 Å². The van der Waals surface area contributed by atoms with Crippen molar-refractivity contribution >= 4 is 32.5 Å². The number of hydrogen-bond acceptors (Lipinski definition) is 4. The number of aromatic nitrogens is 4. The summed E-state index contributed by atoms with van der Waals surface area (Å²) < 4.78 is 123. The summed E-state index contributed by atoms with van der Waals surface area (Å²) in [6.07, 6.45) is -16.6. The number of aryl methyl sites for hydroxylation is 2. The van der Waals surface area contributed by atoms with Crippen molar-refractivity contribution in [2.75, 3.05) is 0 Å². The Morgan fingerprint density at radius 2 is 1.27 bits per heavy atom. The van der Waals surface area contributed by atoms with Gasteiger partial charge in [0.05, 0.1) is 0 Å². The van der Waals surface area contributed by atoms with Gasteiger partial charge in [0.15, 0.2) is 24.0 Å². The zero-order valence-electron chi connectivity index (χ0n) is 16.4. The number of halogens is 9. The fourth-order valence-corrected chi connectivity index (χ4v) is 4.69. The van der Waals surface area contributed by atoms with Crippen molar-refractivity contribution in [1.82, 2.24) is 15.1 Å². The molecule has 3 aromatic heterocycles.